The van der Waals surface area contributed by atoms with Gasteiger partial charge < -0.3 is 0 Å². The molecular formula is C8H9NO2S. The van der Waals surface area contributed by atoms with Crippen molar-refractivity contribution < 1.29 is 8.42 Å². The van der Waals surface area contributed by atoms with Crippen molar-refractivity contribution in [2.75, 3.05) is 0 Å². The molecule has 0 amide bonds. The van der Waals surface area contributed by atoms with Gasteiger partial charge in [-0.3, -0.25) is 5.73 Å². The zero-order valence-electron chi connectivity index (χ0n) is 6.40. The van der Waals surface area contributed by atoms with Gasteiger partial charge in [-0.05, 0) is 5.56 Å². The van der Waals surface area contributed by atoms with Crippen LogP contribution < -0.4 is 5.73 Å². The Kier molecular flexibility index (Phi) is 3.01. The average molecular weight is 183 g/mol. The van der Waals surface area contributed by atoms with Crippen molar-refractivity contribution in [3.05, 3.63) is 35.9 Å². The molecule has 1 rings (SSSR count). The number of hydrogen-bond acceptors (Lipinski definition) is 2. The summed E-state index contributed by atoms with van der Waals surface area (Å²) in [5, 5.41) is 0. The summed E-state index contributed by atoms with van der Waals surface area (Å²) in [7, 11) is -2.27. The average Bonchev–Trinajstić information content (AvgIpc) is 2.06. The maximum atomic E-state index is 10.3. The highest BCUT2D eigenvalue weighted by molar-refractivity contribution is 7.72. The van der Waals surface area contributed by atoms with E-state index in [9.17, 15) is 8.42 Å². The fourth-order valence-electron chi connectivity index (χ4n) is 0.856. The van der Waals surface area contributed by atoms with Gasteiger partial charge in [0, 0.05) is 6.42 Å². The second-order valence-electron chi connectivity index (χ2n) is 2.36. The lowest BCUT2D eigenvalue weighted by atomic mass is 10.2. The largest absolute Gasteiger partial charge is 0.293 e. The molecule has 3 nitrogen and oxygen atoms in total. The molecule has 4 heteroatoms. The summed E-state index contributed by atoms with van der Waals surface area (Å²) in [5.41, 5.74) is 6.15. The third kappa shape index (κ3) is 2.48. The second-order valence-corrected chi connectivity index (χ2v) is 3.36. The summed E-state index contributed by atoms with van der Waals surface area (Å²) in [5.74, 6) is 0. The third-order valence-electron chi connectivity index (χ3n) is 1.44. The highest BCUT2D eigenvalue weighted by Gasteiger charge is 1.95. The van der Waals surface area contributed by atoms with E-state index < -0.39 is 10.3 Å². The zero-order valence-corrected chi connectivity index (χ0v) is 7.21. The molecule has 2 N–H and O–H groups in total. The zero-order chi connectivity index (χ0) is 8.97. The van der Waals surface area contributed by atoms with Crippen LogP contribution in [0.15, 0.2) is 30.3 Å². The van der Waals surface area contributed by atoms with E-state index in [2.05, 4.69) is 0 Å². The van der Waals surface area contributed by atoms with Crippen LogP contribution >= 0.6 is 0 Å². The molecule has 0 spiro atoms. The molecule has 12 heavy (non-hydrogen) atoms. The molecule has 0 aliphatic carbocycles. The number of benzene rings is 1. The smallest absolute Gasteiger partial charge is 0.228 e. The molecule has 0 atom stereocenters. The Hall–Kier alpha value is -1.13. The standard InChI is InChI=1S/C8H9NO2S/c9-8(12(10)11)6-7-4-2-1-3-5-7/h1-5H,6,9H2. The van der Waals surface area contributed by atoms with Gasteiger partial charge in [-0.1, -0.05) is 30.3 Å². The fourth-order valence-corrected chi connectivity index (χ4v) is 1.14. The van der Waals surface area contributed by atoms with Crippen LogP contribution in [0, 0.1) is 0 Å². The van der Waals surface area contributed by atoms with Gasteiger partial charge in [-0.2, -0.15) is 8.42 Å². The van der Waals surface area contributed by atoms with Crippen LogP contribution in [0.5, 0.6) is 0 Å². The summed E-state index contributed by atoms with van der Waals surface area (Å²) < 4.78 is 20.7. The van der Waals surface area contributed by atoms with Crippen LogP contribution in [-0.2, 0) is 16.7 Å². The Morgan fingerprint density at radius 2 is 1.83 bits per heavy atom. The van der Waals surface area contributed by atoms with E-state index in [1.54, 1.807) is 0 Å². The lowest BCUT2D eigenvalue weighted by Crippen LogP contribution is -2.15. The summed E-state index contributed by atoms with van der Waals surface area (Å²) in [4.78, 5) is -0.0267. The first-order valence-corrected chi connectivity index (χ1v) is 4.52. The minimum absolute atomic E-state index is 0.0267. The Bertz CT molecular complexity index is 373. The Balaban J connectivity index is 2.86. The van der Waals surface area contributed by atoms with Crippen molar-refractivity contribution in [1.82, 2.24) is 0 Å². The van der Waals surface area contributed by atoms with Crippen LogP contribution in [0.3, 0.4) is 0 Å². The SMILES string of the molecule is NC(Cc1ccccc1)=S(=O)=O. The van der Waals surface area contributed by atoms with Gasteiger partial charge in [0.2, 0.25) is 10.3 Å². The molecule has 1 aromatic carbocycles. The van der Waals surface area contributed by atoms with Crippen molar-refractivity contribution >= 4 is 15.3 Å². The van der Waals surface area contributed by atoms with Gasteiger partial charge in [0.1, 0.15) is 4.99 Å². The van der Waals surface area contributed by atoms with Gasteiger partial charge in [0.25, 0.3) is 0 Å². The van der Waals surface area contributed by atoms with Crippen molar-refractivity contribution in [3.63, 3.8) is 0 Å². The maximum Gasteiger partial charge on any atom is 0.228 e. The molecule has 0 unspecified atom stereocenters. The fraction of sp³-hybridized carbons (Fsp3) is 0.125. The van der Waals surface area contributed by atoms with Gasteiger partial charge >= 0.3 is 0 Å². The minimum atomic E-state index is -2.27. The van der Waals surface area contributed by atoms with E-state index in [0.29, 0.717) is 0 Å². The maximum absolute atomic E-state index is 10.3. The monoisotopic (exact) mass is 183 g/mol. The predicted molar refractivity (Wildman–Crippen MR) is 48.3 cm³/mol. The topological polar surface area (TPSA) is 60.2 Å². The minimum Gasteiger partial charge on any atom is -0.293 e. The van der Waals surface area contributed by atoms with Crippen molar-refractivity contribution in [1.29, 1.82) is 0 Å². The van der Waals surface area contributed by atoms with Crippen LogP contribution in [0.4, 0.5) is 0 Å². The van der Waals surface area contributed by atoms with E-state index in [1.165, 1.54) is 0 Å². The molecule has 0 heterocycles. The first-order valence-electron chi connectivity index (χ1n) is 3.44. The molecule has 0 saturated carbocycles. The van der Waals surface area contributed by atoms with E-state index in [1.807, 2.05) is 30.3 Å². The Morgan fingerprint density at radius 3 is 2.33 bits per heavy atom. The van der Waals surface area contributed by atoms with Crippen LogP contribution in [-0.4, -0.2) is 13.4 Å². The first kappa shape index (κ1) is 8.96. The van der Waals surface area contributed by atoms with E-state index >= 15 is 0 Å². The van der Waals surface area contributed by atoms with Gasteiger partial charge in [0.15, 0.2) is 0 Å². The number of rotatable bonds is 2. The number of nitrogens with two attached hydrogens (primary N) is 1. The van der Waals surface area contributed by atoms with Crippen molar-refractivity contribution in [2.45, 2.75) is 6.42 Å². The lowest BCUT2D eigenvalue weighted by molar-refractivity contribution is 0.626. The van der Waals surface area contributed by atoms with Gasteiger partial charge in [-0.15, -0.1) is 0 Å². The molecule has 0 saturated heterocycles. The molecule has 0 radical (unpaired) electrons. The quantitative estimate of drug-likeness (QED) is 0.666. The predicted octanol–water partition coefficient (Wildman–Crippen LogP) is 0.197. The molecule has 0 aliphatic rings. The molecule has 1 aromatic rings. The molecule has 0 fully saturated rings. The van der Waals surface area contributed by atoms with Crippen LogP contribution in [0.25, 0.3) is 0 Å². The Morgan fingerprint density at radius 1 is 1.25 bits per heavy atom. The summed E-state index contributed by atoms with van der Waals surface area (Å²) in [6.07, 6.45) is 0.289. The van der Waals surface area contributed by atoms with E-state index in [-0.39, 0.29) is 11.4 Å². The highest BCUT2D eigenvalue weighted by atomic mass is 32.2. The highest BCUT2D eigenvalue weighted by Crippen LogP contribution is 1.98. The molecule has 0 aliphatic heterocycles. The van der Waals surface area contributed by atoms with Gasteiger partial charge in [0.05, 0.1) is 0 Å². The van der Waals surface area contributed by atoms with Crippen molar-refractivity contribution in [2.24, 2.45) is 5.73 Å². The van der Waals surface area contributed by atoms with Crippen LogP contribution in [0.2, 0.25) is 0 Å². The normalized spacial score (nSPS) is 9.42. The summed E-state index contributed by atoms with van der Waals surface area (Å²) in [6.45, 7) is 0. The molecule has 0 aromatic heterocycles. The van der Waals surface area contributed by atoms with Crippen LogP contribution in [0.1, 0.15) is 5.56 Å². The van der Waals surface area contributed by atoms with Gasteiger partial charge in [-0.25, -0.2) is 0 Å². The molecule has 64 valence electrons. The van der Waals surface area contributed by atoms with E-state index in [4.69, 9.17) is 5.73 Å². The molecule has 0 bridgehead atoms. The Labute approximate surface area is 72.4 Å². The second kappa shape index (κ2) is 4.04. The van der Waals surface area contributed by atoms with Crippen molar-refractivity contribution in [3.8, 4) is 0 Å². The molecular weight excluding hydrogens is 174 g/mol. The summed E-state index contributed by atoms with van der Waals surface area (Å²) >= 11 is 0. The first-order chi connectivity index (χ1) is 5.70. The number of hydrogen-bond donors (Lipinski definition) is 1. The van der Waals surface area contributed by atoms with E-state index in [0.717, 1.165) is 5.56 Å². The lowest BCUT2D eigenvalue weighted by Gasteiger charge is -1.95. The third-order valence-corrected chi connectivity index (χ3v) is 2.01. The summed E-state index contributed by atoms with van der Waals surface area (Å²) in [6, 6.07) is 9.22.